The molecule has 5 nitrogen and oxygen atoms in total. The van der Waals surface area contributed by atoms with E-state index in [4.69, 9.17) is 0 Å². The van der Waals surface area contributed by atoms with E-state index in [9.17, 15) is 9.59 Å². The molecule has 5 atom stereocenters. The second-order valence-electron chi connectivity index (χ2n) is 7.74. The van der Waals surface area contributed by atoms with Crippen LogP contribution in [0.3, 0.4) is 0 Å². The number of thiazole rings is 1. The minimum absolute atomic E-state index is 0.0475. The van der Waals surface area contributed by atoms with Crippen LogP contribution in [-0.2, 0) is 9.59 Å². The highest BCUT2D eigenvalue weighted by Crippen LogP contribution is 2.37. The summed E-state index contributed by atoms with van der Waals surface area (Å²) in [5.41, 5.74) is 0.986. The minimum Gasteiger partial charge on any atom is -0.353 e. The number of carbonyl (C=O) groups is 2. The maximum Gasteiger partial charge on any atom is 0.230 e. The normalized spacial score (nSPS) is 30.6. The molecule has 7 heteroatoms. The zero-order valence-corrected chi connectivity index (χ0v) is 17.2. The molecule has 27 heavy (non-hydrogen) atoms. The van der Waals surface area contributed by atoms with E-state index < -0.39 is 0 Å². The Bertz CT molecular complexity index is 820. The van der Waals surface area contributed by atoms with Crippen molar-refractivity contribution in [2.75, 3.05) is 5.75 Å². The molecule has 2 fully saturated rings. The van der Waals surface area contributed by atoms with Crippen molar-refractivity contribution in [1.82, 2.24) is 15.6 Å². The van der Waals surface area contributed by atoms with Gasteiger partial charge in [0, 0.05) is 18.0 Å². The lowest BCUT2D eigenvalue weighted by Crippen LogP contribution is -2.57. The van der Waals surface area contributed by atoms with Crippen molar-refractivity contribution in [3.05, 3.63) is 24.3 Å². The number of nitrogens with zero attached hydrogens (tertiary/aromatic N) is 1. The number of benzene rings is 1. The summed E-state index contributed by atoms with van der Waals surface area (Å²) in [5, 5.41) is 6.33. The van der Waals surface area contributed by atoms with Crippen molar-refractivity contribution in [2.24, 2.45) is 17.8 Å². The molecule has 2 aliphatic rings. The summed E-state index contributed by atoms with van der Waals surface area (Å²) in [6.07, 6.45) is 2.89. The molecule has 1 aromatic carbocycles. The van der Waals surface area contributed by atoms with E-state index >= 15 is 0 Å². The van der Waals surface area contributed by atoms with Crippen LogP contribution >= 0.6 is 23.1 Å². The number of fused-ring (bicyclic) bond motifs is 2. The fourth-order valence-electron chi connectivity index (χ4n) is 4.35. The average Bonchev–Trinajstić information content (AvgIpc) is 3.07. The molecule has 1 aliphatic heterocycles. The topological polar surface area (TPSA) is 71.1 Å². The molecule has 2 N–H and O–H groups in total. The fourth-order valence-corrected chi connectivity index (χ4v) is 6.23. The van der Waals surface area contributed by atoms with Crippen LogP contribution in [0.2, 0.25) is 0 Å². The number of nitrogens with one attached hydrogen (secondary N) is 2. The summed E-state index contributed by atoms with van der Waals surface area (Å²) in [6, 6.07) is 8.37. The Labute approximate surface area is 167 Å². The summed E-state index contributed by atoms with van der Waals surface area (Å²) in [6.45, 7) is 4.21. The zero-order chi connectivity index (χ0) is 19.0. The highest BCUT2D eigenvalue weighted by molar-refractivity contribution is 8.01. The quantitative estimate of drug-likeness (QED) is 0.767. The fraction of sp³-hybridized carbons (Fsp3) is 0.550. The molecular formula is C20H25N3O2S2. The molecule has 1 saturated carbocycles. The standard InChI is InChI=1S/C20H25N3O2S2/c1-11-12(2)19(25)22-16-9-13(7-8-14(11)16)21-18(24)10-26-20-23-15-5-3-4-6-17(15)27-20/h3-6,11-14,16H,7-10H2,1-2H3,(H,21,24)(H,22,25). The molecule has 2 amide bonds. The number of para-hydroxylation sites is 1. The Hall–Kier alpha value is -1.60. The zero-order valence-electron chi connectivity index (χ0n) is 15.6. The van der Waals surface area contributed by atoms with E-state index in [1.807, 2.05) is 25.1 Å². The summed E-state index contributed by atoms with van der Waals surface area (Å²) < 4.78 is 2.08. The molecule has 0 radical (unpaired) electrons. The molecule has 1 aliphatic carbocycles. The molecule has 1 saturated heterocycles. The SMILES string of the molecule is CC1C(=O)NC2CC(NC(=O)CSc3nc4ccccc4s3)CCC2C1C. The molecule has 2 aromatic rings. The summed E-state index contributed by atoms with van der Waals surface area (Å²) >= 11 is 3.12. The van der Waals surface area contributed by atoms with Crippen molar-refractivity contribution in [3.8, 4) is 0 Å². The van der Waals surface area contributed by atoms with E-state index in [0.29, 0.717) is 17.6 Å². The third kappa shape index (κ3) is 3.99. The van der Waals surface area contributed by atoms with Gasteiger partial charge in [-0.1, -0.05) is 37.7 Å². The van der Waals surface area contributed by atoms with Gasteiger partial charge in [0.15, 0.2) is 4.34 Å². The van der Waals surface area contributed by atoms with Crippen LogP contribution in [0.25, 0.3) is 10.2 Å². The lowest BCUT2D eigenvalue weighted by molar-refractivity contribution is -0.132. The Kier molecular flexibility index (Phi) is 5.41. The lowest BCUT2D eigenvalue weighted by atomic mass is 9.68. The number of amides is 2. The third-order valence-electron chi connectivity index (χ3n) is 6.08. The van der Waals surface area contributed by atoms with Gasteiger partial charge < -0.3 is 10.6 Å². The molecule has 1 aromatic heterocycles. The van der Waals surface area contributed by atoms with Crippen molar-refractivity contribution in [3.63, 3.8) is 0 Å². The second-order valence-corrected chi connectivity index (χ2v) is 9.99. The van der Waals surface area contributed by atoms with Crippen molar-refractivity contribution in [2.45, 2.75) is 49.5 Å². The molecule has 4 rings (SSSR count). The number of hydrogen-bond donors (Lipinski definition) is 2. The van der Waals surface area contributed by atoms with Gasteiger partial charge in [-0.05, 0) is 43.2 Å². The third-order valence-corrected chi connectivity index (χ3v) is 8.25. The van der Waals surface area contributed by atoms with Crippen LogP contribution in [0.1, 0.15) is 33.1 Å². The molecular weight excluding hydrogens is 378 g/mol. The van der Waals surface area contributed by atoms with Gasteiger partial charge in [0.2, 0.25) is 11.8 Å². The maximum atomic E-state index is 12.4. The Morgan fingerprint density at radius 2 is 2.15 bits per heavy atom. The monoisotopic (exact) mass is 403 g/mol. The van der Waals surface area contributed by atoms with Crippen LogP contribution in [0.5, 0.6) is 0 Å². The van der Waals surface area contributed by atoms with Crippen molar-refractivity contribution in [1.29, 1.82) is 0 Å². The van der Waals surface area contributed by atoms with Gasteiger partial charge in [0.1, 0.15) is 0 Å². The van der Waals surface area contributed by atoms with Gasteiger partial charge >= 0.3 is 0 Å². The molecule has 144 valence electrons. The number of piperidine rings is 1. The average molecular weight is 404 g/mol. The first-order valence-electron chi connectivity index (χ1n) is 9.59. The predicted octanol–water partition coefficient (Wildman–Crippen LogP) is 3.44. The van der Waals surface area contributed by atoms with E-state index in [2.05, 4.69) is 28.6 Å². The van der Waals surface area contributed by atoms with E-state index in [1.54, 1.807) is 11.3 Å². The summed E-state index contributed by atoms with van der Waals surface area (Å²) in [4.78, 5) is 29.1. The summed E-state index contributed by atoms with van der Waals surface area (Å²) in [7, 11) is 0. The highest BCUT2D eigenvalue weighted by Gasteiger charge is 2.42. The van der Waals surface area contributed by atoms with Gasteiger partial charge in [-0.2, -0.15) is 0 Å². The van der Waals surface area contributed by atoms with E-state index in [0.717, 1.165) is 33.8 Å². The van der Waals surface area contributed by atoms with Crippen LogP contribution in [0.15, 0.2) is 28.6 Å². The van der Waals surface area contributed by atoms with Crippen LogP contribution in [0, 0.1) is 17.8 Å². The first-order valence-corrected chi connectivity index (χ1v) is 11.4. The number of thioether (sulfide) groups is 1. The smallest absolute Gasteiger partial charge is 0.230 e. The summed E-state index contributed by atoms with van der Waals surface area (Å²) in [5.74, 6) is 1.61. The van der Waals surface area contributed by atoms with Crippen molar-refractivity contribution >= 4 is 45.1 Å². The highest BCUT2D eigenvalue weighted by atomic mass is 32.2. The second kappa shape index (κ2) is 7.80. The number of aromatic nitrogens is 1. The Morgan fingerprint density at radius 1 is 1.33 bits per heavy atom. The molecule has 5 unspecified atom stereocenters. The molecule has 0 bridgehead atoms. The first-order chi connectivity index (χ1) is 13.0. The lowest BCUT2D eigenvalue weighted by Gasteiger charge is -2.45. The maximum absolute atomic E-state index is 12.4. The van der Waals surface area contributed by atoms with E-state index in [1.165, 1.54) is 11.8 Å². The van der Waals surface area contributed by atoms with Crippen LogP contribution in [-0.4, -0.2) is 34.6 Å². The van der Waals surface area contributed by atoms with Crippen LogP contribution in [0.4, 0.5) is 0 Å². The van der Waals surface area contributed by atoms with Gasteiger partial charge in [-0.3, -0.25) is 9.59 Å². The van der Waals surface area contributed by atoms with Crippen LogP contribution < -0.4 is 10.6 Å². The number of rotatable bonds is 4. The minimum atomic E-state index is 0.0475. The Balaban J connectivity index is 1.29. The largest absolute Gasteiger partial charge is 0.353 e. The molecule has 2 heterocycles. The van der Waals surface area contributed by atoms with Gasteiger partial charge in [0.25, 0.3) is 0 Å². The molecule has 0 spiro atoms. The van der Waals surface area contributed by atoms with Gasteiger partial charge in [0.05, 0.1) is 16.0 Å². The predicted molar refractivity (Wildman–Crippen MR) is 110 cm³/mol. The Morgan fingerprint density at radius 3 is 2.96 bits per heavy atom. The van der Waals surface area contributed by atoms with Gasteiger partial charge in [-0.25, -0.2) is 4.98 Å². The van der Waals surface area contributed by atoms with Crippen molar-refractivity contribution < 1.29 is 9.59 Å². The number of hydrogen-bond acceptors (Lipinski definition) is 5. The van der Waals surface area contributed by atoms with Gasteiger partial charge in [-0.15, -0.1) is 11.3 Å². The first kappa shape index (κ1) is 18.7. The number of carbonyl (C=O) groups excluding carboxylic acids is 2. The van der Waals surface area contributed by atoms with E-state index in [-0.39, 0.29) is 29.8 Å².